The Kier molecular flexibility index (Phi) is 3.06. The van der Waals surface area contributed by atoms with Crippen LogP contribution in [0.1, 0.15) is 25.8 Å². The molecule has 1 aromatic heterocycles. The lowest BCUT2D eigenvalue weighted by molar-refractivity contribution is 0.155. The minimum absolute atomic E-state index is 0.366. The number of rotatable bonds is 2. The van der Waals surface area contributed by atoms with Crippen LogP contribution in [0.15, 0.2) is 24.5 Å². The molecule has 2 nitrogen and oxygen atoms in total. The third kappa shape index (κ3) is 3.03. The molecule has 0 aromatic carbocycles. The van der Waals surface area contributed by atoms with Crippen LogP contribution in [0.4, 0.5) is 0 Å². The zero-order chi connectivity index (χ0) is 10.7. The number of aromatic nitrogens is 1. The van der Waals surface area contributed by atoms with Crippen LogP contribution < -0.4 is 0 Å². The van der Waals surface area contributed by atoms with E-state index < -0.39 is 0 Å². The SMILES string of the molecule is CC1(C)[CH]CCN(Cc2ccncc2)C1. The molecule has 1 saturated heterocycles. The van der Waals surface area contributed by atoms with E-state index in [0.717, 1.165) is 13.1 Å². The summed E-state index contributed by atoms with van der Waals surface area (Å²) in [5, 5.41) is 0. The fourth-order valence-corrected chi connectivity index (χ4v) is 2.24. The van der Waals surface area contributed by atoms with Crippen molar-refractivity contribution in [1.82, 2.24) is 9.88 Å². The van der Waals surface area contributed by atoms with Gasteiger partial charge in [0, 0.05) is 25.5 Å². The number of hydrogen-bond acceptors (Lipinski definition) is 2. The van der Waals surface area contributed by atoms with Crippen molar-refractivity contribution < 1.29 is 0 Å². The van der Waals surface area contributed by atoms with Gasteiger partial charge >= 0.3 is 0 Å². The molecule has 2 heterocycles. The van der Waals surface area contributed by atoms with Gasteiger partial charge in [-0.3, -0.25) is 9.88 Å². The zero-order valence-corrected chi connectivity index (χ0v) is 9.61. The number of piperidine rings is 1. The first kappa shape index (κ1) is 10.6. The lowest BCUT2D eigenvalue weighted by Gasteiger charge is -2.37. The van der Waals surface area contributed by atoms with Gasteiger partial charge in [-0.05, 0) is 42.5 Å². The first-order valence-corrected chi connectivity index (χ1v) is 5.61. The molecule has 15 heavy (non-hydrogen) atoms. The standard InChI is InChI=1S/C13H19N2/c1-13(2)6-3-9-15(11-13)10-12-4-7-14-8-5-12/h4-8H,3,9-11H2,1-2H3. The van der Waals surface area contributed by atoms with Crippen LogP contribution in [-0.2, 0) is 6.54 Å². The van der Waals surface area contributed by atoms with Crippen LogP contribution in [0.2, 0.25) is 0 Å². The summed E-state index contributed by atoms with van der Waals surface area (Å²) in [5.74, 6) is 0. The van der Waals surface area contributed by atoms with Gasteiger partial charge in [-0.25, -0.2) is 0 Å². The fourth-order valence-electron chi connectivity index (χ4n) is 2.24. The van der Waals surface area contributed by atoms with Crippen molar-refractivity contribution in [2.45, 2.75) is 26.8 Å². The molecule has 0 saturated carbocycles. The first-order chi connectivity index (χ1) is 7.16. The van der Waals surface area contributed by atoms with Gasteiger partial charge in [-0.2, -0.15) is 0 Å². The Hall–Kier alpha value is -0.890. The molecule has 0 spiro atoms. The lowest BCUT2D eigenvalue weighted by Crippen LogP contribution is -2.39. The van der Waals surface area contributed by atoms with E-state index in [1.54, 1.807) is 0 Å². The van der Waals surface area contributed by atoms with Crippen LogP contribution in [0.3, 0.4) is 0 Å². The summed E-state index contributed by atoms with van der Waals surface area (Å²) in [7, 11) is 0. The van der Waals surface area contributed by atoms with E-state index in [1.165, 1.54) is 18.5 Å². The smallest absolute Gasteiger partial charge is 0.0271 e. The highest BCUT2D eigenvalue weighted by Gasteiger charge is 2.26. The molecule has 2 heteroatoms. The predicted octanol–water partition coefficient (Wildman–Crippen LogP) is 2.52. The van der Waals surface area contributed by atoms with Crippen LogP contribution in [0, 0.1) is 11.8 Å². The van der Waals surface area contributed by atoms with Gasteiger partial charge in [0.15, 0.2) is 0 Å². The molecular formula is C13H19N2. The van der Waals surface area contributed by atoms with E-state index in [2.05, 4.69) is 42.3 Å². The Labute approximate surface area is 92.3 Å². The summed E-state index contributed by atoms with van der Waals surface area (Å²) >= 11 is 0. The Morgan fingerprint density at radius 1 is 1.33 bits per heavy atom. The van der Waals surface area contributed by atoms with Gasteiger partial charge in [0.2, 0.25) is 0 Å². The van der Waals surface area contributed by atoms with Crippen molar-refractivity contribution in [2.24, 2.45) is 5.41 Å². The molecule has 1 aliphatic heterocycles. The van der Waals surface area contributed by atoms with Crippen LogP contribution in [0.25, 0.3) is 0 Å². The number of pyridine rings is 1. The maximum Gasteiger partial charge on any atom is 0.0271 e. The second-order valence-corrected chi connectivity index (χ2v) is 5.05. The average molecular weight is 203 g/mol. The molecular weight excluding hydrogens is 184 g/mol. The minimum Gasteiger partial charge on any atom is -0.299 e. The van der Waals surface area contributed by atoms with Crippen molar-refractivity contribution in [3.63, 3.8) is 0 Å². The Bertz CT molecular complexity index is 306. The number of likely N-dealkylation sites (tertiary alicyclic amines) is 1. The molecule has 1 radical (unpaired) electrons. The second kappa shape index (κ2) is 4.31. The molecule has 1 aromatic rings. The normalized spacial score (nSPS) is 21.5. The molecule has 0 atom stereocenters. The quantitative estimate of drug-likeness (QED) is 0.734. The summed E-state index contributed by atoms with van der Waals surface area (Å²) in [6.45, 7) is 8.03. The van der Waals surface area contributed by atoms with Crippen molar-refractivity contribution in [3.05, 3.63) is 36.5 Å². The molecule has 0 bridgehead atoms. The largest absolute Gasteiger partial charge is 0.299 e. The van der Waals surface area contributed by atoms with Crippen molar-refractivity contribution in [1.29, 1.82) is 0 Å². The molecule has 81 valence electrons. The van der Waals surface area contributed by atoms with E-state index in [0.29, 0.717) is 5.41 Å². The lowest BCUT2D eigenvalue weighted by atomic mass is 9.84. The average Bonchev–Trinajstić information content (AvgIpc) is 2.17. The molecule has 0 amide bonds. The van der Waals surface area contributed by atoms with E-state index in [1.807, 2.05) is 12.4 Å². The number of nitrogens with zero attached hydrogens (tertiary/aromatic N) is 2. The van der Waals surface area contributed by atoms with Crippen LogP contribution >= 0.6 is 0 Å². The summed E-state index contributed by atoms with van der Waals surface area (Å²) in [6.07, 6.45) is 7.39. The molecule has 0 aliphatic carbocycles. The van der Waals surface area contributed by atoms with Crippen molar-refractivity contribution in [3.8, 4) is 0 Å². The van der Waals surface area contributed by atoms with Crippen LogP contribution in [0.5, 0.6) is 0 Å². The van der Waals surface area contributed by atoms with Gasteiger partial charge in [-0.15, -0.1) is 0 Å². The van der Waals surface area contributed by atoms with Crippen molar-refractivity contribution in [2.75, 3.05) is 13.1 Å². The van der Waals surface area contributed by atoms with E-state index >= 15 is 0 Å². The van der Waals surface area contributed by atoms with Crippen molar-refractivity contribution >= 4 is 0 Å². The van der Waals surface area contributed by atoms with Gasteiger partial charge < -0.3 is 0 Å². The molecule has 0 N–H and O–H groups in total. The summed E-state index contributed by atoms with van der Waals surface area (Å²) in [5.41, 5.74) is 1.73. The monoisotopic (exact) mass is 203 g/mol. The fraction of sp³-hybridized carbons (Fsp3) is 0.538. The molecule has 1 fully saturated rings. The van der Waals surface area contributed by atoms with E-state index in [-0.39, 0.29) is 0 Å². The molecule has 2 rings (SSSR count). The van der Waals surface area contributed by atoms with Gasteiger partial charge in [0.1, 0.15) is 0 Å². The third-order valence-corrected chi connectivity index (χ3v) is 2.93. The van der Waals surface area contributed by atoms with E-state index in [4.69, 9.17) is 0 Å². The summed E-state index contributed by atoms with van der Waals surface area (Å²) in [4.78, 5) is 6.57. The molecule has 1 aliphatic rings. The number of hydrogen-bond donors (Lipinski definition) is 0. The predicted molar refractivity (Wildman–Crippen MR) is 62.2 cm³/mol. The maximum absolute atomic E-state index is 4.04. The highest BCUT2D eigenvalue weighted by molar-refractivity contribution is 5.10. The first-order valence-electron chi connectivity index (χ1n) is 5.61. The summed E-state index contributed by atoms with van der Waals surface area (Å²) < 4.78 is 0. The second-order valence-electron chi connectivity index (χ2n) is 5.05. The topological polar surface area (TPSA) is 16.1 Å². The van der Waals surface area contributed by atoms with Gasteiger partial charge in [-0.1, -0.05) is 13.8 Å². The summed E-state index contributed by atoms with van der Waals surface area (Å²) in [6, 6.07) is 4.20. The minimum atomic E-state index is 0.366. The Morgan fingerprint density at radius 2 is 2.07 bits per heavy atom. The Morgan fingerprint density at radius 3 is 2.73 bits per heavy atom. The Balaban J connectivity index is 1.95. The third-order valence-electron chi connectivity index (χ3n) is 2.93. The molecule has 0 unspecified atom stereocenters. The van der Waals surface area contributed by atoms with Gasteiger partial charge in [0.05, 0.1) is 0 Å². The van der Waals surface area contributed by atoms with Crippen LogP contribution in [-0.4, -0.2) is 23.0 Å². The highest BCUT2D eigenvalue weighted by atomic mass is 15.1. The maximum atomic E-state index is 4.04. The van der Waals surface area contributed by atoms with Gasteiger partial charge in [0.25, 0.3) is 0 Å². The zero-order valence-electron chi connectivity index (χ0n) is 9.61. The van der Waals surface area contributed by atoms with E-state index in [9.17, 15) is 0 Å². The highest BCUT2D eigenvalue weighted by Crippen LogP contribution is 2.28.